The molecular weight excluding hydrogens is 421 g/mol. The van der Waals surface area contributed by atoms with E-state index in [1.54, 1.807) is 30.3 Å². The van der Waals surface area contributed by atoms with E-state index < -0.39 is 11.9 Å². The first-order valence-corrected chi connectivity index (χ1v) is 8.05. The molecular formula is C15H6Cl5O4-. The van der Waals surface area contributed by atoms with Crippen LogP contribution >= 0.6 is 58.0 Å². The predicted octanol–water partition coefficient (Wildman–Crippen LogP) is 5.14. The Hall–Kier alpha value is -1.30. The molecule has 0 aliphatic rings. The third-order valence-electron chi connectivity index (χ3n) is 2.57. The Labute approximate surface area is 162 Å². The van der Waals surface area contributed by atoms with Crippen LogP contribution in [0, 0.1) is 0 Å². The summed E-state index contributed by atoms with van der Waals surface area (Å²) in [7, 11) is 0. The number of para-hydroxylation sites is 1. The lowest BCUT2D eigenvalue weighted by Gasteiger charge is -2.20. The lowest BCUT2D eigenvalue weighted by molar-refractivity contribution is -0.342. The fourth-order valence-electron chi connectivity index (χ4n) is 1.53. The van der Waals surface area contributed by atoms with Crippen LogP contribution in [0.25, 0.3) is 0 Å². The zero-order chi connectivity index (χ0) is 17.9. The Morgan fingerprint density at radius 2 is 1.33 bits per heavy atom. The standard InChI is InChI=1S/C15H7Cl5O4/c16-10-11(17)13(19)15(14(20)12(10)18)24-9(22)6-8(21)23-7-4-2-1-3-5-7/h1-6,22H/p-1/b9-6+. The van der Waals surface area contributed by atoms with Gasteiger partial charge in [0.25, 0.3) is 0 Å². The van der Waals surface area contributed by atoms with Gasteiger partial charge in [-0.25, -0.2) is 4.79 Å². The lowest BCUT2D eigenvalue weighted by atomic mass is 10.3. The average Bonchev–Trinajstić information content (AvgIpc) is 2.56. The SMILES string of the molecule is O=C(/C=C(\[O-])Oc1c(Cl)c(Cl)c(Cl)c(Cl)c1Cl)Oc1ccccc1. The number of carbonyl (C=O) groups is 1. The van der Waals surface area contributed by atoms with E-state index in [1.807, 2.05) is 0 Å². The maximum atomic E-state index is 11.8. The average molecular weight is 427 g/mol. The molecule has 2 rings (SSSR count). The van der Waals surface area contributed by atoms with Crippen LogP contribution < -0.4 is 14.6 Å². The Kier molecular flexibility index (Phi) is 6.49. The minimum absolute atomic E-state index is 0.0828. The van der Waals surface area contributed by atoms with E-state index in [4.69, 9.17) is 67.5 Å². The molecule has 4 nitrogen and oxygen atoms in total. The highest BCUT2D eigenvalue weighted by molar-refractivity contribution is 6.55. The van der Waals surface area contributed by atoms with Crippen molar-refractivity contribution in [2.24, 2.45) is 0 Å². The van der Waals surface area contributed by atoms with Crippen molar-refractivity contribution >= 4 is 64.0 Å². The molecule has 0 radical (unpaired) electrons. The minimum Gasteiger partial charge on any atom is -0.576 e. The summed E-state index contributed by atoms with van der Waals surface area (Å²) in [6.45, 7) is 0. The summed E-state index contributed by atoms with van der Waals surface area (Å²) >= 11 is 29.4. The van der Waals surface area contributed by atoms with Crippen molar-refractivity contribution in [3.05, 3.63) is 67.5 Å². The maximum Gasteiger partial charge on any atom is 0.337 e. The molecule has 0 unspecified atom stereocenters. The zero-order valence-corrected chi connectivity index (χ0v) is 15.3. The van der Waals surface area contributed by atoms with Gasteiger partial charge >= 0.3 is 5.97 Å². The van der Waals surface area contributed by atoms with Crippen molar-refractivity contribution in [2.45, 2.75) is 0 Å². The van der Waals surface area contributed by atoms with E-state index in [9.17, 15) is 9.90 Å². The summed E-state index contributed by atoms with van der Waals surface area (Å²) in [5.41, 5.74) is 0. The number of hydrogen-bond donors (Lipinski definition) is 0. The van der Waals surface area contributed by atoms with Crippen molar-refractivity contribution in [3.63, 3.8) is 0 Å². The molecule has 0 aromatic heterocycles. The largest absolute Gasteiger partial charge is 0.576 e. The van der Waals surface area contributed by atoms with Crippen molar-refractivity contribution < 1.29 is 19.4 Å². The molecule has 0 aliphatic heterocycles. The molecule has 9 heteroatoms. The van der Waals surface area contributed by atoms with Gasteiger partial charge < -0.3 is 14.6 Å². The van der Waals surface area contributed by atoms with Gasteiger partial charge in [0, 0.05) is 6.08 Å². The normalized spacial score (nSPS) is 11.3. The van der Waals surface area contributed by atoms with Gasteiger partial charge in [0.2, 0.25) is 0 Å². The number of rotatable bonds is 4. The molecule has 0 heterocycles. The second-order valence-electron chi connectivity index (χ2n) is 4.20. The summed E-state index contributed by atoms with van der Waals surface area (Å²) < 4.78 is 9.83. The molecule has 0 aliphatic carbocycles. The smallest absolute Gasteiger partial charge is 0.337 e. The van der Waals surface area contributed by atoms with Gasteiger partial charge in [-0.1, -0.05) is 76.2 Å². The third-order valence-corrected chi connectivity index (χ3v) is 4.81. The van der Waals surface area contributed by atoms with Gasteiger partial charge in [-0.3, -0.25) is 0 Å². The molecule has 0 N–H and O–H groups in total. The van der Waals surface area contributed by atoms with Gasteiger partial charge in [-0.2, -0.15) is 0 Å². The monoisotopic (exact) mass is 425 g/mol. The molecule has 0 fully saturated rings. The summed E-state index contributed by atoms with van der Waals surface area (Å²) in [5.74, 6) is -2.06. The third kappa shape index (κ3) is 4.41. The van der Waals surface area contributed by atoms with Crippen LogP contribution in [0.15, 0.2) is 42.4 Å². The Morgan fingerprint density at radius 3 is 1.88 bits per heavy atom. The van der Waals surface area contributed by atoms with E-state index >= 15 is 0 Å². The van der Waals surface area contributed by atoms with E-state index in [1.165, 1.54) is 0 Å². The molecule has 0 saturated heterocycles. The number of halogens is 5. The van der Waals surface area contributed by atoms with Crippen molar-refractivity contribution in [1.29, 1.82) is 0 Å². The topological polar surface area (TPSA) is 58.6 Å². The molecule has 0 spiro atoms. The first kappa shape index (κ1) is 19.0. The molecule has 24 heavy (non-hydrogen) atoms. The first-order chi connectivity index (χ1) is 11.3. The van der Waals surface area contributed by atoms with Gasteiger partial charge in [-0.15, -0.1) is 0 Å². The zero-order valence-electron chi connectivity index (χ0n) is 11.5. The van der Waals surface area contributed by atoms with Crippen LogP contribution in [0.3, 0.4) is 0 Å². The molecule has 0 atom stereocenters. The molecule has 0 amide bonds. The summed E-state index contributed by atoms with van der Waals surface area (Å²) in [6.07, 6.45) is 0.579. The van der Waals surface area contributed by atoms with E-state index in [0.717, 1.165) is 0 Å². The molecule has 0 bridgehead atoms. The highest BCUT2D eigenvalue weighted by atomic mass is 35.5. The fourth-order valence-corrected chi connectivity index (χ4v) is 2.73. The van der Waals surface area contributed by atoms with Gasteiger partial charge in [0.05, 0.1) is 36.8 Å². The summed E-state index contributed by atoms with van der Waals surface area (Å²) in [5, 5.41) is 11.0. The van der Waals surface area contributed by atoms with Crippen LogP contribution in [0.2, 0.25) is 25.1 Å². The Balaban J connectivity index is 2.20. The predicted molar refractivity (Wildman–Crippen MR) is 92.3 cm³/mol. The maximum absolute atomic E-state index is 11.8. The Bertz CT molecular complexity index is 776. The second kappa shape index (κ2) is 8.19. The quantitative estimate of drug-likeness (QED) is 0.169. The highest BCUT2D eigenvalue weighted by Crippen LogP contribution is 2.48. The second-order valence-corrected chi connectivity index (χ2v) is 6.09. The van der Waals surface area contributed by atoms with Crippen molar-refractivity contribution in [2.75, 3.05) is 0 Å². The van der Waals surface area contributed by atoms with E-state index in [2.05, 4.69) is 0 Å². The molecule has 2 aromatic rings. The number of benzene rings is 2. The molecule has 126 valence electrons. The van der Waals surface area contributed by atoms with Crippen LogP contribution in [-0.2, 0) is 4.79 Å². The number of ether oxygens (including phenoxy) is 2. The van der Waals surface area contributed by atoms with Crippen molar-refractivity contribution in [3.8, 4) is 11.5 Å². The summed E-state index contributed by atoms with van der Waals surface area (Å²) in [4.78, 5) is 11.7. The number of carbonyl (C=O) groups excluding carboxylic acids is 1. The lowest BCUT2D eigenvalue weighted by Crippen LogP contribution is -2.16. The highest BCUT2D eigenvalue weighted by Gasteiger charge is 2.17. The van der Waals surface area contributed by atoms with Crippen LogP contribution in [0.1, 0.15) is 0 Å². The van der Waals surface area contributed by atoms with E-state index in [0.29, 0.717) is 6.08 Å². The Morgan fingerprint density at radius 1 is 0.833 bits per heavy atom. The van der Waals surface area contributed by atoms with Crippen LogP contribution in [0.5, 0.6) is 11.5 Å². The molecule has 2 aromatic carbocycles. The van der Waals surface area contributed by atoms with E-state index in [-0.39, 0.29) is 36.6 Å². The number of esters is 1. The van der Waals surface area contributed by atoms with Crippen molar-refractivity contribution in [1.82, 2.24) is 0 Å². The number of hydrogen-bond acceptors (Lipinski definition) is 4. The molecule has 0 saturated carbocycles. The van der Waals surface area contributed by atoms with Crippen LogP contribution in [0.4, 0.5) is 0 Å². The van der Waals surface area contributed by atoms with Gasteiger partial charge in [0.1, 0.15) is 5.75 Å². The van der Waals surface area contributed by atoms with Crippen LogP contribution in [-0.4, -0.2) is 5.97 Å². The van der Waals surface area contributed by atoms with Gasteiger partial charge in [-0.05, 0) is 12.1 Å². The summed E-state index contributed by atoms with van der Waals surface area (Å²) in [6, 6.07) is 8.16. The first-order valence-electron chi connectivity index (χ1n) is 6.16. The fraction of sp³-hybridized carbons (Fsp3) is 0. The van der Waals surface area contributed by atoms with Gasteiger partial charge in [0.15, 0.2) is 0 Å². The minimum atomic E-state index is -1.07.